The van der Waals surface area contributed by atoms with E-state index in [0.717, 1.165) is 32.8 Å². The average Bonchev–Trinajstić information content (AvgIpc) is 2.45. The van der Waals surface area contributed by atoms with Crippen molar-refractivity contribution in [1.82, 2.24) is 10.2 Å². The summed E-state index contributed by atoms with van der Waals surface area (Å²) in [7, 11) is 3.89. The van der Waals surface area contributed by atoms with E-state index in [9.17, 15) is 0 Å². The molecule has 1 N–H and O–H groups in total. The van der Waals surface area contributed by atoms with Gasteiger partial charge in [0.2, 0.25) is 0 Å². The molecule has 0 saturated heterocycles. The lowest BCUT2D eigenvalue weighted by Gasteiger charge is -2.23. The molecule has 1 unspecified atom stereocenters. The number of nitrogens with zero attached hydrogens (tertiary/aromatic N) is 1. The topological polar surface area (TPSA) is 24.5 Å². The van der Waals surface area contributed by atoms with Gasteiger partial charge in [0.15, 0.2) is 0 Å². The number of ether oxygens (including phenoxy) is 1. The Labute approximate surface area is 124 Å². The fourth-order valence-electron chi connectivity index (χ4n) is 2.33. The lowest BCUT2D eigenvalue weighted by Crippen LogP contribution is -2.34. The Morgan fingerprint density at radius 1 is 1.15 bits per heavy atom. The van der Waals surface area contributed by atoms with Crippen LogP contribution in [0.15, 0.2) is 30.3 Å². The Kier molecular flexibility index (Phi) is 8.51. The van der Waals surface area contributed by atoms with Crippen LogP contribution in [-0.4, -0.2) is 51.8 Å². The third-order valence-corrected chi connectivity index (χ3v) is 3.74. The summed E-state index contributed by atoms with van der Waals surface area (Å²) < 4.78 is 5.08. The average molecular weight is 278 g/mol. The van der Waals surface area contributed by atoms with Crippen molar-refractivity contribution in [3.8, 4) is 0 Å². The SMILES string of the molecule is COCCN(C)CCNCC(c1ccccc1)C(C)C. The molecule has 0 spiro atoms. The highest BCUT2D eigenvalue weighted by Gasteiger charge is 2.14. The smallest absolute Gasteiger partial charge is 0.0589 e. The van der Waals surface area contributed by atoms with E-state index in [-0.39, 0.29) is 0 Å². The van der Waals surface area contributed by atoms with Crippen molar-refractivity contribution >= 4 is 0 Å². The van der Waals surface area contributed by atoms with Gasteiger partial charge >= 0.3 is 0 Å². The molecule has 0 aromatic heterocycles. The molecule has 3 nitrogen and oxygen atoms in total. The number of likely N-dealkylation sites (N-methyl/N-ethyl adjacent to an activating group) is 1. The van der Waals surface area contributed by atoms with Gasteiger partial charge in [-0.25, -0.2) is 0 Å². The van der Waals surface area contributed by atoms with Crippen LogP contribution in [0.4, 0.5) is 0 Å². The molecule has 0 amide bonds. The van der Waals surface area contributed by atoms with E-state index in [1.807, 2.05) is 0 Å². The number of methoxy groups -OCH3 is 1. The summed E-state index contributed by atoms with van der Waals surface area (Å²) in [4.78, 5) is 2.30. The van der Waals surface area contributed by atoms with Crippen LogP contribution in [0.1, 0.15) is 25.3 Å². The van der Waals surface area contributed by atoms with E-state index in [0.29, 0.717) is 11.8 Å². The quantitative estimate of drug-likeness (QED) is 0.666. The van der Waals surface area contributed by atoms with Crippen molar-refractivity contribution in [2.24, 2.45) is 5.92 Å². The van der Waals surface area contributed by atoms with Gasteiger partial charge in [-0.3, -0.25) is 0 Å². The van der Waals surface area contributed by atoms with E-state index in [1.54, 1.807) is 7.11 Å². The van der Waals surface area contributed by atoms with Gasteiger partial charge in [0.05, 0.1) is 6.61 Å². The summed E-state index contributed by atoms with van der Waals surface area (Å²) in [6.45, 7) is 9.51. The lowest BCUT2D eigenvalue weighted by atomic mass is 9.88. The Morgan fingerprint density at radius 3 is 2.45 bits per heavy atom. The van der Waals surface area contributed by atoms with Gasteiger partial charge in [0.25, 0.3) is 0 Å². The minimum absolute atomic E-state index is 0.584. The predicted octanol–water partition coefficient (Wildman–Crippen LogP) is 2.59. The highest BCUT2D eigenvalue weighted by atomic mass is 16.5. The predicted molar refractivity (Wildman–Crippen MR) is 86.3 cm³/mol. The molecule has 1 aromatic carbocycles. The summed E-state index contributed by atoms with van der Waals surface area (Å²) in [6.07, 6.45) is 0. The number of benzene rings is 1. The summed E-state index contributed by atoms with van der Waals surface area (Å²) in [5, 5.41) is 3.59. The molecule has 0 radical (unpaired) electrons. The Hall–Kier alpha value is -0.900. The molecule has 3 heteroatoms. The van der Waals surface area contributed by atoms with Crippen LogP contribution in [0.25, 0.3) is 0 Å². The monoisotopic (exact) mass is 278 g/mol. The maximum Gasteiger partial charge on any atom is 0.0589 e. The van der Waals surface area contributed by atoms with Gasteiger partial charge in [0, 0.05) is 33.3 Å². The first-order chi connectivity index (χ1) is 9.65. The number of nitrogens with one attached hydrogen (secondary N) is 1. The molecule has 0 aliphatic rings. The zero-order chi connectivity index (χ0) is 14.8. The minimum atomic E-state index is 0.584. The Bertz CT molecular complexity index is 340. The summed E-state index contributed by atoms with van der Waals surface area (Å²) in [6, 6.07) is 10.8. The van der Waals surface area contributed by atoms with Crippen molar-refractivity contribution in [3.05, 3.63) is 35.9 Å². The van der Waals surface area contributed by atoms with E-state index in [4.69, 9.17) is 4.74 Å². The third-order valence-electron chi connectivity index (χ3n) is 3.74. The summed E-state index contributed by atoms with van der Waals surface area (Å²) >= 11 is 0. The van der Waals surface area contributed by atoms with Crippen LogP contribution < -0.4 is 5.32 Å². The molecular weight excluding hydrogens is 248 g/mol. The van der Waals surface area contributed by atoms with Crippen molar-refractivity contribution < 1.29 is 4.74 Å². The lowest BCUT2D eigenvalue weighted by molar-refractivity contribution is 0.161. The zero-order valence-electron chi connectivity index (χ0n) is 13.4. The Balaban J connectivity index is 2.30. The van der Waals surface area contributed by atoms with Gasteiger partial charge in [-0.05, 0) is 24.4 Å². The van der Waals surface area contributed by atoms with Crippen LogP contribution in [0, 0.1) is 5.92 Å². The van der Waals surface area contributed by atoms with Crippen LogP contribution in [0.3, 0.4) is 0 Å². The first-order valence-corrected chi connectivity index (χ1v) is 7.58. The molecule has 0 aliphatic carbocycles. The number of hydrogen-bond acceptors (Lipinski definition) is 3. The second-order valence-electron chi connectivity index (χ2n) is 5.76. The van der Waals surface area contributed by atoms with Crippen LogP contribution in [0.2, 0.25) is 0 Å². The third kappa shape index (κ3) is 6.51. The largest absolute Gasteiger partial charge is 0.383 e. The van der Waals surface area contributed by atoms with Crippen LogP contribution in [-0.2, 0) is 4.74 Å². The van der Waals surface area contributed by atoms with E-state index in [1.165, 1.54) is 5.56 Å². The van der Waals surface area contributed by atoms with Gasteiger partial charge < -0.3 is 15.0 Å². The van der Waals surface area contributed by atoms with E-state index < -0.39 is 0 Å². The molecule has 20 heavy (non-hydrogen) atoms. The second-order valence-corrected chi connectivity index (χ2v) is 5.76. The van der Waals surface area contributed by atoms with Crippen molar-refractivity contribution in [1.29, 1.82) is 0 Å². The van der Waals surface area contributed by atoms with Crippen molar-refractivity contribution in [3.63, 3.8) is 0 Å². The standard InChI is InChI=1S/C17H30N2O/c1-15(2)17(16-8-6-5-7-9-16)14-18-10-11-19(3)12-13-20-4/h5-9,15,17-18H,10-14H2,1-4H3. The molecule has 0 saturated carbocycles. The maximum atomic E-state index is 5.08. The first kappa shape index (κ1) is 17.2. The second kappa shape index (κ2) is 9.92. The molecule has 1 rings (SSSR count). The molecule has 0 heterocycles. The van der Waals surface area contributed by atoms with E-state index in [2.05, 4.69) is 61.4 Å². The highest BCUT2D eigenvalue weighted by molar-refractivity contribution is 5.20. The van der Waals surface area contributed by atoms with Crippen molar-refractivity contribution in [2.75, 3.05) is 46.9 Å². The minimum Gasteiger partial charge on any atom is -0.383 e. The van der Waals surface area contributed by atoms with Crippen molar-refractivity contribution in [2.45, 2.75) is 19.8 Å². The van der Waals surface area contributed by atoms with Gasteiger partial charge in [-0.15, -0.1) is 0 Å². The Morgan fingerprint density at radius 2 is 1.85 bits per heavy atom. The summed E-state index contributed by atoms with van der Waals surface area (Å²) in [5.41, 5.74) is 1.43. The van der Waals surface area contributed by atoms with E-state index >= 15 is 0 Å². The molecule has 0 aliphatic heterocycles. The van der Waals surface area contributed by atoms with Gasteiger partial charge in [0.1, 0.15) is 0 Å². The van der Waals surface area contributed by atoms with Crippen LogP contribution >= 0.6 is 0 Å². The fourth-order valence-corrected chi connectivity index (χ4v) is 2.33. The fraction of sp³-hybridized carbons (Fsp3) is 0.647. The number of hydrogen-bond donors (Lipinski definition) is 1. The zero-order valence-corrected chi connectivity index (χ0v) is 13.4. The highest BCUT2D eigenvalue weighted by Crippen LogP contribution is 2.23. The molecule has 1 aromatic rings. The molecule has 114 valence electrons. The summed E-state index contributed by atoms with van der Waals surface area (Å²) in [5.74, 6) is 1.23. The van der Waals surface area contributed by atoms with Gasteiger partial charge in [-0.1, -0.05) is 44.2 Å². The molecule has 0 bridgehead atoms. The molecular formula is C17H30N2O. The first-order valence-electron chi connectivity index (χ1n) is 7.58. The van der Waals surface area contributed by atoms with Gasteiger partial charge in [-0.2, -0.15) is 0 Å². The normalized spacial score (nSPS) is 13.1. The maximum absolute atomic E-state index is 5.08. The molecule has 0 fully saturated rings. The molecule has 1 atom stereocenters. The van der Waals surface area contributed by atoms with Crippen LogP contribution in [0.5, 0.6) is 0 Å². The number of rotatable bonds is 10.